The minimum absolute atomic E-state index is 0.00454. The summed E-state index contributed by atoms with van der Waals surface area (Å²) in [6, 6.07) is 5.40. The van der Waals surface area contributed by atoms with Crippen LogP contribution in [0, 0.1) is 11.7 Å². The van der Waals surface area contributed by atoms with Crippen LogP contribution in [-0.4, -0.2) is 79.3 Å². The monoisotopic (exact) mass is 451 g/mol. The zero-order valence-corrected chi connectivity index (χ0v) is 19.8. The standard InChI is InChI=1S/C23H34FN3O3S/c1-23(2,3)30-22(29)27-9-7-17(8-10-27)20(28)16-25-11-13-26(14-12-25)18-5-6-21(31-4)19(24)15-18/h5-6,15,17H,7-14,16H2,1-4H3. The number of rotatable bonds is 5. The van der Waals surface area contributed by atoms with E-state index in [1.807, 2.05) is 39.2 Å². The molecule has 2 fully saturated rings. The molecule has 0 bridgehead atoms. The van der Waals surface area contributed by atoms with Crippen molar-refractivity contribution < 1.29 is 18.7 Å². The largest absolute Gasteiger partial charge is 0.444 e. The van der Waals surface area contributed by atoms with Crippen molar-refractivity contribution in [1.82, 2.24) is 9.80 Å². The van der Waals surface area contributed by atoms with Gasteiger partial charge in [-0.25, -0.2) is 9.18 Å². The second-order valence-corrected chi connectivity index (χ2v) is 10.1. The fourth-order valence-corrected chi connectivity index (χ4v) is 4.53. The number of ether oxygens (including phenoxy) is 1. The Labute approximate surface area is 189 Å². The van der Waals surface area contributed by atoms with Crippen LogP contribution in [0.2, 0.25) is 0 Å². The van der Waals surface area contributed by atoms with Crippen molar-refractivity contribution in [3.8, 4) is 0 Å². The number of anilines is 1. The number of hydrogen-bond acceptors (Lipinski definition) is 6. The molecule has 2 aliphatic heterocycles. The third-order valence-corrected chi connectivity index (χ3v) is 6.63. The fourth-order valence-electron chi connectivity index (χ4n) is 4.08. The van der Waals surface area contributed by atoms with Gasteiger partial charge in [0, 0.05) is 55.8 Å². The average molecular weight is 452 g/mol. The molecule has 2 aliphatic rings. The molecule has 0 saturated carbocycles. The highest BCUT2D eigenvalue weighted by molar-refractivity contribution is 7.98. The molecule has 0 N–H and O–H groups in total. The van der Waals surface area contributed by atoms with Crippen LogP contribution in [0.5, 0.6) is 0 Å². The molecule has 3 rings (SSSR count). The normalized spacial score (nSPS) is 18.9. The zero-order chi connectivity index (χ0) is 22.6. The van der Waals surface area contributed by atoms with Gasteiger partial charge in [-0.15, -0.1) is 11.8 Å². The van der Waals surface area contributed by atoms with E-state index in [1.165, 1.54) is 11.8 Å². The molecule has 2 heterocycles. The lowest BCUT2D eigenvalue weighted by Gasteiger charge is -2.37. The first-order chi connectivity index (χ1) is 14.7. The Morgan fingerprint density at radius 1 is 1.10 bits per heavy atom. The molecule has 0 radical (unpaired) electrons. The quantitative estimate of drug-likeness (QED) is 0.633. The van der Waals surface area contributed by atoms with Gasteiger partial charge in [-0.2, -0.15) is 0 Å². The summed E-state index contributed by atoms with van der Waals surface area (Å²) in [5.41, 5.74) is 0.394. The van der Waals surface area contributed by atoms with Crippen molar-refractivity contribution in [1.29, 1.82) is 0 Å². The Balaban J connectivity index is 1.42. The molecule has 31 heavy (non-hydrogen) atoms. The van der Waals surface area contributed by atoms with E-state index >= 15 is 0 Å². The van der Waals surface area contributed by atoms with Gasteiger partial charge in [0.2, 0.25) is 0 Å². The number of hydrogen-bond donors (Lipinski definition) is 0. The van der Waals surface area contributed by atoms with Gasteiger partial charge in [0.1, 0.15) is 17.2 Å². The van der Waals surface area contributed by atoms with Crippen molar-refractivity contribution in [3.05, 3.63) is 24.0 Å². The molecular weight excluding hydrogens is 417 g/mol. The number of likely N-dealkylation sites (tertiary alicyclic amines) is 1. The molecule has 0 aromatic heterocycles. The van der Waals surface area contributed by atoms with Crippen LogP contribution >= 0.6 is 11.8 Å². The van der Waals surface area contributed by atoms with Gasteiger partial charge in [0.15, 0.2) is 0 Å². The molecule has 1 aromatic carbocycles. The Morgan fingerprint density at radius 3 is 2.29 bits per heavy atom. The fraction of sp³-hybridized carbons (Fsp3) is 0.652. The van der Waals surface area contributed by atoms with Crippen LogP contribution in [-0.2, 0) is 9.53 Å². The number of piperidine rings is 1. The topological polar surface area (TPSA) is 53.1 Å². The molecule has 0 aliphatic carbocycles. The lowest BCUT2D eigenvalue weighted by atomic mass is 9.92. The molecule has 1 aromatic rings. The lowest BCUT2D eigenvalue weighted by Crippen LogP contribution is -2.49. The first-order valence-corrected chi connectivity index (χ1v) is 12.2. The summed E-state index contributed by atoms with van der Waals surface area (Å²) >= 11 is 1.41. The van der Waals surface area contributed by atoms with E-state index in [9.17, 15) is 14.0 Å². The third kappa shape index (κ3) is 6.59. The van der Waals surface area contributed by atoms with Crippen LogP contribution in [0.15, 0.2) is 23.1 Å². The number of amides is 1. The van der Waals surface area contributed by atoms with Crippen molar-refractivity contribution in [3.63, 3.8) is 0 Å². The minimum Gasteiger partial charge on any atom is -0.444 e. The van der Waals surface area contributed by atoms with Gasteiger partial charge in [-0.3, -0.25) is 9.69 Å². The molecule has 8 heteroatoms. The number of piperazine rings is 1. The number of benzene rings is 1. The van der Waals surface area contributed by atoms with Gasteiger partial charge < -0.3 is 14.5 Å². The van der Waals surface area contributed by atoms with E-state index < -0.39 is 5.60 Å². The number of carbonyl (C=O) groups excluding carboxylic acids is 2. The molecular formula is C23H34FN3O3S. The third-order valence-electron chi connectivity index (χ3n) is 5.85. The number of halogens is 1. The minimum atomic E-state index is -0.505. The predicted octanol–water partition coefficient (Wildman–Crippen LogP) is 3.89. The summed E-state index contributed by atoms with van der Waals surface area (Å²) in [6.45, 7) is 10.3. The van der Waals surface area contributed by atoms with E-state index in [1.54, 1.807) is 11.0 Å². The van der Waals surface area contributed by atoms with E-state index in [4.69, 9.17) is 4.74 Å². The molecule has 0 spiro atoms. The average Bonchev–Trinajstić information content (AvgIpc) is 2.73. The van der Waals surface area contributed by atoms with E-state index in [2.05, 4.69) is 9.80 Å². The highest BCUT2D eigenvalue weighted by atomic mass is 32.2. The van der Waals surface area contributed by atoms with E-state index in [0.717, 1.165) is 31.9 Å². The van der Waals surface area contributed by atoms with Crippen molar-refractivity contribution in [2.24, 2.45) is 5.92 Å². The molecule has 0 unspecified atom stereocenters. The van der Waals surface area contributed by atoms with Gasteiger partial charge >= 0.3 is 6.09 Å². The Kier molecular flexibility index (Phi) is 7.86. The maximum absolute atomic E-state index is 14.1. The van der Waals surface area contributed by atoms with Crippen LogP contribution in [0.1, 0.15) is 33.6 Å². The first-order valence-electron chi connectivity index (χ1n) is 11.0. The number of nitrogens with zero attached hydrogens (tertiary/aromatic N) is 3. The maximum Gasteiger partial charge on any atom is 0.410 e. The van der Waals surface area contributed by atoms with Crippen LogP contribution in [0.3, 0.4) is 0 Å². The number of Topliss-reactive ketones (excluding diaryl/α,β-unsaturated/α-hetero) is 1. The van der Waals surface area contributed by atoms with Crippen LogP contribution in [0.4, 0.5) is 14.9 Å². The van der Waals surface area contributed by atoms with Crippen molar-refractivity contribution in [2.45, 2.75) is 44.1 Å². The van der Waals surface area contributed by atoms with Crippen LogP contribution in [0.25, 0.3) is 0 Å². The second-order valence-electron chi connectivity index (χ2n) is 9.29. The zero-order valence-electron chi connectivity index (χ0n) is 19.0. The molecule has 1 amide bonds. The Hall–Kier alpha value is -1.80. The van der Waals surface area contributed by atoms with Gasteiger partial charge in [-0.1, -0.05) is 0 Å². The highest BCUT2D eigenvalue weighted by Crippen LogP contribution is 2.26. The number of thioether (sulfide) groups is 1. The maximum atomic E-state index is 14.1. The SMILES string of the molecule is CSc1ccc(N2CCN(CC(=O)C3CCN(C(=O)OC(C)(C)C)CC3)CC2)cc1F. The Morgan fingerprint density at radius 2 is 1.74 bits per heavy atom. The number of carbonyl (C=O) groups is 2. The molecule has 6 nitrogen and oxygen atoms in total. The molecule has 0 atom stereocenters. The van der Waals surface area contributed by atoms with E-state index in [0.29, 0.717) is 37.4 Å². The number of ketones is 1. The molecule has 2 saturated heterocycles. The summed E-state index contributed by atoms with van der Waals surface area (Å²) in [7, 11) is 0. The second kappa shape index (κ2) is 10.2. The summed E-state index contributed by atoms with van der Waals surface area (Å²) in [5.74, 6) is 0.0814. The summed E-state index contributed by atoms with van der Waals surface area (Å²) in [5, 5.41) is 0. The Bertz CT molecular complexity index is 783. The van der Waals surface area contributed by atoms with Gasteiger partial charge in [-0.05, 0) is 58.1 Å². The summed E-state index contributed by atoms with van der Waals surface area (Å²) in [6.07, 6.45) is 2.96. The first kappa shape index (κ1) is 23.9. The van der Waals surface area contributed by atoms with Gasteiger partial charge in [0.05, 0.1) is 6.54 Å². The van der Waals surface area contributed by atoms with Crippen molar-refractivity contribution >= 4 is 29.3 Å². The van der Waals surface area contributed by atoms with Crippen molar-refractivity contribution in [2.75, 3.05) is 57.0 Å². The smallest absolute Gasteiger partial charge is 0.410 e. The predicted molar refractivity (Wildman–Crippen MR) is 122 cm³/mol. The lowest BCUT2D eigenvalue weighted by molar-refractivity contribution is -0.125. The van der Waals surface area contributed by atoms with E-state index in [-0.39, 0.29) is 23.6 Å². The summed E-state index contributed by atoms with van der Waals surface area (Å²) < 4.78 is 19.5. The van der Waals surface area contributed by atoms with Crippen LogP contribution < -0.4 is 4.90 Å². The highest BCUT2D eigenvalue weighted by Gasteiger charge is 2.31. The molecule has 172 valence electrons. The summed E-state index contributed by atoms with van der Waals surface area (Å²) in [4.78, 5) is 31.7. The van der Waals surface area contributed by atoms with Gasteiger partial charge in [0.25, 0.3) is 0 Å².